The van der Waals surface area contributed by atoms with Gasteiger partial charge in [0, 0.05) is 23.4 Å². The molecule has 36 heavy (non-hydrogen) atoms. The van der Waals surface area contributed by atoms with Crippen molar-refractivity contribution in [2.24, 2.45) is 5.73 Å². The Morgan fingerprint density at radius 2 is 1.78 bits per heavy atom. The monoisotopic (exact) mass is 486 g/mol. The number of ether oxygens (including phenoxy) is 1. The molecule has 3 aromatic rings. The van der Waals surface area contributed by atoms with Gasteiger partial charge in [-0.2, -0.15) is 5.26 Å². The number of anilines is 2. The summed E-state index contributed by atoms with van der Waals surface area (Å²) in [5.74, 6) is -1.68. The molecule has 0 aliphatic carbocycles. The molecule has 1 unspecified atom stereocenters. The molecule has 2 amide bonds. The van der Waals surface area contributed by atoms with Gasteiger partial charge in [-0.25, -0.2) is 9.59 Å². The minimum absolute atomic E-state index is 0.122. The van der Waals surface area contributed by atoms with Crippen LogP contribution in [0, 0.1) is 11.3 Å². The van der Waals surface area contributed by atoms with Crippen LogP contribution < -0.4 is 16.4 Å². The first-order valence-electron chi connectivity index (χ1n) is 11.3. The molecule has 0 bridgehead atoms. The maximum Gasteiger partial charge on any atom is 0.411 e. The summed E-state index contributed by atoms with van der Waals surface area (Å²) in [7, 11) is 0. The number of hydrogen-bond acceptors (Lipinski definition) is 6. The van der Waals surface area contributed by atoms with Crippen LogP contribution in [-0.2, 0) is 22.4 Å². The number of carboxylic acids is 1. The number of nitrogens with one attached hydrogen (secondary N) is 2. The van der Waals surface area contributed by atoms with Crippen LogP contribution >= 0.6 is 0 Å². The van der Waals surface area contributed by atoms with E-state index in [1.165, 1.54) is 6.07 Å². The van der Waals surface area contributed by atoms with E-state index in [1.807, 2.05) is 25.1 Å². The van der Waals surface area contributed by atoms with Crippen molar-refractivity contribution in [1.82, 2.24) is 0 Å². The average molecular weight is 487 g/mol. The van der Waals surface area contributed by atoms with E-state index in [4.69, 9.17) is 15.7 Å². The molecular weight excluding hydrogens is 460 g/mol. The van der Waals surface area contributed by atoms with E-state index in [2.05, 4.69) is 10.6 Å². The van der Waals surface area contributed by atoms with E-state index in [0.717, 1.165) is 11.1 Å². The molecule has 0 heterocycles. The minimum atomic E-state index is -1.07. The minimum Gasteiger partial charge on any atom is -0.479 e. The van der Waals surface area contributed by atoms with E-state index in [9.17, 15) is 19.5 Å². The van der Waals surface area contributed by atoms with Crippen molar-refractivity contribution in [1.29, 1.82) is 5.26 Å². The molecule has 5 N–H and O–H groups in total. The Morgan fingerprint density at radius 3 is 2.47 bits per heavy atom. The molecule has 0 aliphatic heterocycles. The third-order valence-electron chi connectivity index (χ3n) is 5.49. The quantitative estimate of drug-likeness (QED) is 0.334. The lowest BCUT2D eigenvalue weighted by Crippen LogP contribution is -2.21. The van der Waals surface area contributed by atoms with Gasteiger partial charge in [0.05, 0.1) is 18.2 Å². The predicted molar refractivity (Wildman–Crippen MR) is 135 cm³/mol. The molecule has 0 saturated heterocycles. The molecule has 0 fully saturated rings. The Labute approximate surface area is 208 Å². The average Bonchev–Trinajstić information content (AvgIpc) is 2.87. The normalized spacial score (nSPS) is 11.1. The molecule has 9 heteroatoms. The topological polar surface area (TPSA) is 155 Å². The number of hydrogen-bond donors (Lipinski definition) is 4. The molecule has 3 rings (SSSR count). The zero-order valence-corrected chi connectivity index (χ0v) is 19.7. The zero-order valence-electron chi connectivity index (χ0n) is 19.7. The van der Waals surface area contributed by atoms with E-state index in [1.54, 1.807) is 48.5 Å². The van der Waals surface area contributed by atoms with E-state index in [0.29, 0.717) is 35.3 Å². The molecular formula is C27H26N4O5. The molecule has 0 radical (unpaired) electrons. The van der Waals surface area contributed by atoms with Gasteiger partial charge in [-0.15, -0.1) is 0 Å². The summed E-state index contributed by atoms with van der Waals surface area (Å²) in [5.41, 5.74) is 9.34. The fourth-order valence-electron chi connectivity index (χ4n) is 3.69. The molecule has 1 atom stereocenters. The van der Waals surface area contributed by atoms with Crippen LogP contribution in [0.1, 0.15) is 45.6 Å². The highest BCUT2D eigenvalue weighted by Gasteiger charge is 2.21. The van der Waals surface area contributed by atoms with Crippen molar-refractivity contribution in [2.75, 3.05) is 17.2 Å². The first-order valence-corrected chi connectivity index (χ1v) is 11.3. The van der Waals surface area contributed by atoms with Crippen LogP contribution in [-0.4, -0.2) is 29.7 Å². The summed E-state index contributed by atoms with van der Waals surface area (Å²) in [6.45, 7) is 2.08. The number of aliphatic carboxylic acids is 1. The SMILES string of the molecule is CCc1cc(C(Nc2cccc(C(N)=O)c2)C(=O)O)ccc1CCOC(=O)Nc1cccc(C#N)c1. The van der Waals surface area contributed by atoms with Gasteiger partial charge in [0.15, 0.2) is 6.04 Å². The number of carboxylic acid groups (broad SMARTS) is 1. The van der Waals surface area contributed by atoms with Crippen LogP contribution in [0.4, 0.5) is 16.2 Å². The summed E-state index contributed by atoms with van der Waals surface area (Å²) < 4.78 is 5.27. The third kappa shape index (κ3) is 6.84. The van der Waals surface area contributed by atoms with Gasteiger partial charge >= 0.3 is 12.1 Å². The zero-order chi connectivity index (χ0) is 26.1. The number of aryl methyl sites for hydroxylation is 1. The van der Waals surface area contributed by atoms with Crippen molar-refractivity contribution < 1.29 is 24.2 Å². The first kappa shape index (κ1) is 25.8. The number of primary amides is 1. The van der Waals surface area contributed by atoms with Crippen LogP contribution in [0.2, 0.25) is 0 Å². The van der Waals surface area contributed by atoms with Gasteiger partial charge in [0.25, 0.3) is 0 Å². The number of nitrogens with two attached hydrogens (primary N) is 1. The maximum atomic E-state index is 12.1. The van der Waals surface area contributed by atoms with Crippen LogP contribution in [0.5, 0.6) is 0 Å². The molecule has 9 nitrogen and oxygen atoms in total. The molecule has 0 aromatic heterocycles. The molecule has 0 aliphatic rings. The van der Waals surface area contributed by atoms with E-state index >= 15 is 0 Å². The Hall–Kier alpha value is -4.84. The van der Waals surface area contributed by atoms with Crippen molar-refractivity contribution >= 4 is 29.3 Å². The fourth-order valence-corrected chi connectivity index (χ4v) is 3.69. The van der Waals surface area contributed by atoms with Crippen LogP contribution in [0.15, 0.2) is 66.7 Å². The highest BCUT2D eigenvalue weighted by Crippen LogP contribution is 2.24. The second-order valence-corrected chi connectivity index (χ2v) is 7.95. The fraction of sp³-hybridized carbons (Fsp3) is 0.185. The van der Waals surface area contributed by atoms with Gasteiger partial charge in [-0.1, -0.05) is 37.3 Å². The van der Waals surface area contributed by atoms with Gasteiger partial charge in [0.2, 0.25) is 5.91 Å². The number of nitrogens with zero attached hydrogens (tertiary/aromatic N) is 1. The summed E-state index contributed by atoms with van der Waals surface area (Å²) >= 11 is 0. The van der Waals surface area contributed by atoms with Crippen LogP contribution in [0.3, 0.4) is 0 Å². The smallest absolute Gasteiger partial charge is 0.411 e. The Morgan fingerprint density at radius 1 is 1.03 bits per heavy atom. The second-order valence-electron chi connectivity index (χ2n) is 7.95. The molecule has 0 spiro atoms. The van der Waals surface area contributed by atoms with E-state index in [-0.39, 0.29) is 12.2 Å². The summed E-state index contributed by atoms with van der Waals surface area (Å²) in [6.07, 6.45) is 0.467. The standard InChI is InChI=1S/C27H26N4O5/c1-2-18-14-20(24(26(33)34)30-23-8-4-6-21(15-23)25(29)32)10-9-19(18)11-12-36-27(35)31-22-7-3-5-17(13-22)16-28/h3-10,13-15,24,30H,2,11-12H2,1H3,(H2,29,32)(H,31,35)(H,33,34). The molecule has 184 valence electrons. The number of amides is 2. The number of nitriles is 1. The van der Waals surface area contributed by atoms with Gasteiger partial charge in [-0.3, -0.25) is 10.1 Å². The van der Waals surface area contributed by atoms with Gasteiger partial charge in [0.1, 0.15) is 0 Å². The van der Waals surface area contributed by atoms with E-state index < -0.39 is 24.0 Å². The lowest BCUT2D eigenvalue weighted by Gasteiger charge is -2.19. The first-order chi connectivity index (χ1) is 17.3. The number of rotatable bonds is 10. The van der Waals surface area contributed by atoms with Crippen molar-refractivity contribution in [2.45, 2.75) is 25.8 Å². The van der Waals surface area contributed by atoms with Crippen molar-refractivity contribution in [3.8, 4) is 6.07 Å². The highest BCUT2D eigenvalue weighted by molar-refractivity contribution is 5.94. The number of carbonyl (C=O) groups excluding carboxylic acids is 2. The highest BCUT2D eigenvalue weighted by atomic mass is 16.5. The lowest BCUT2D eigenvalue weighted by atomic mass is 9.96. The van der Waals surface area contributed by atoms with Crippen molar-refractivity contribution in [3.63, 3.8) is 0 Å². The number of carbonyl (C=O) groups is 3. The molecule has 3 aromatic carbocycles. The van der Waals surface area contributed by atoms with Gasteiger partial charge in [-0.05, 0) is 59.5 Å². The summed E-state index contributed by atoms with van der Waals surface area (Å²) in [4.78, 5) is 35.5. The summed E-state index contributed by atoms with van der Waals surface area (Å²) in [5, 5.41) is 24.3. The molecule has 0 saturated carbocycles. The largest absolute Gasteiger partial charge is 0.479 e. The Bertz CT molecular complexity index is 1320. The van der Waals surface area contributed by atoms with Crippen LogP contribution in [0.25, 0.3) is 0 Å². The third-order valence-corrected chi connectivity index (χ3v) is 5.49. The summed E-state index contributed by atoms with van der Waals surface area (Å²) in [6, 6.07) is 19.2. The van der Waals surface area contributed by atoms with Crippen molar-refractivity contribution in [3.05, 3.63) is 94.5 Å². The Kier molecular flexibility index (Phi) is 8.62. The number of benzene rings is 3. The predicted octanol–water partition coefficient (Wildman–Crippen LogP) is 4.25. The maximum absolute atomic E-state index is 12.1. The Balaban J connectivity index is 1.66. The lowest BCUT2D eigenvalue weighted by molar-refractivity contribution is -0.138. The van der Waals surface area contributed by atoms with Gasteiger partial charge < -0.3 is 20.9 Å². The second kappa shape index (κ2) is 12.0.